The molecule has 156 valence electrons. The Morgan fingerprint density at radius 3 is 2.80 bits per heavy atom. The van der Waals surface area contributed by atoms with Crippen LogP contribution in [0.15, 0.2) is 29.2 Å². The van der Waals surface area contributed by atoms with Crippen LogP contribution >= 0.6 is 11.8 Å². The van der Waals surface area contributed by atoms with Gasteiger partial charge in [-0.25, -0.2) is 9.97 Å². The van der Waals surface area contributed by atoms with Crippen LogP contribution in [0.2, 0.25) is 0 Å². The second-order valence-electron chi connectivity index (χ2n) is 7.92. The van der Waals surface area contributed by atoms with Crippen LogP contribution in [0.1, 0.15) is 43.2 Å². The molecule has 2 fully saturated rings. The second-order valence-corrected chi connectivity index (χ2v) is 8.77. The zero-order chi connectivity index (χ0) is 20.7. The van der Waals surface area contributed by atoms with Crippen LogP contribution in [0.25, 0.3) is 11.2 Å². The molecule has 1 unspecified atom stereocenters. The van der Waals surface area contributed by atoms with Crippen molar-refractivity contribution in [1.82, 2.24) is 15.0 Å². The van der Waals surface area contributed by atoms with Gasteiger partial charge in [0.05, 0.1) is 17.5 Å². The van der Waals surface area contributed by atoms with Gasteiger partial charge in [-0.05, 0) is 56.6 Å². The lowest BCUT2D eigenvalue weighted by Gasteiger charge is -2.16. The molecule has 1 saturated heterocycles. The minimum atomic E-state index is 0.0368. The number of nitrogens with zero attached hydrogens (tertiary/aromatic N) is 2. The fraction of sp³-hybridized carbons (Fsp3) is 0.409. The van der Waals surface area contributed by atoms with E-state index >= 15 is 0 Å². The summed E-state index contributed by atoms with van der Waals surface area (Å²) in [6.07, 6.45) is 6.36. The van der Waals surface area contributed by atoms with E-state index in [1.807, 2.05) is 13.0 Å². The van der Waals surface area contributed by atoms with Gasteiger partial charge < -0.3 is 20.4 Å². The highest BCUT2D eigenvalue weighted by Gasteiger charge is 2.30. The van der Waals surface area contributed by atoms with Gasteiger partial charge in [0, 0.05) is 23.5 Å². The van der Waals surface area contributed by atoms with Crippen molar-refractivity contribution in [1.29, 1.82) is 0 Å². The number of hydrogen-bond acceptors (Lipinski definition) is 6. The summed E-state index contributed by atoms with van der Waals surface area (Å²) in [7, 11) is 0. The molecule has 7 nitrogen and oxygen atoms in total. The number of benzene rings is 1. The van der Waals surface area contributed by atoms with E-state index in [4.69, 9.17) is 4.74 Å². The molecule has 0 spiro atoms. The standard InChI is InChI=1S/C22H25N5O2S/c1-12-23-20-16(11-19(26-21(20)24-12)27-22(28)13-5-6-13)25-15-8-7-14(10-18(15)30-2)17-4-3-9-29-17/h7-8,10-11,13,17H,3-6,9H2,1-2H3,(H3,23,24,25,26,27,28). The normalized spacial score (nSPS) is 18.7. The lowest BCUT2D eigenvalue weighted by molar-refractivity contribution is -0.117. The van der Waals surface area contributed by atoms with Crippen molar-refractivity contribution >= 4 is 46.0 Å². The van der Waals surface area contributed by atoms with Crippen molar-refractivity contribution in [3.8, 4) is 0 Å². The Balaban J connectivity index is 1.48. The summed E-state index contributed by atoms with van der Waals surface area (Å²) in [6.45, 7) is 2.74. The predicted molar refractivity (Wildman–Crippen MR) is 119 cm³/mol. The first kappa shape index (κ1) is 19.4. The number of imidazole rings is 1. The zero-order valence-corrected chi connectivity index (χ0v) is 17.9. The van der Waals surface area contributed by atoms with Gasteiger partial charge in [-0.15, -0.1) is 11.8 Å². The molecule has 3 N–H and O–H groups in total. The van der Waals surface area contributed by atoms with Crippen LogP contribution in [0.3, 0.4) is 0 Å². The summed E-state index contributed by atoms with van der Waals surface area (Å²) >= 11 is 1.69. The monoisotopic (exact) mass is 423 g/mol. The highest BCUT2D eigenvalue weighted by atomic mass is 32.2. The Bertz CT molecular complexity index is 1100. The van der Waals surface area contributed by atoms with Crippen LogP contribution in [0.4, 0.5) is 17.2 Å². The van der Waals surface area contributed by atoms with Crippen molar-refractivity contribution < 1.29 is 9.53 Å². The Labute approximate surface area is 179 Å². The molecular weight excluding hydrogens is 398 g/mol. The number of aromatic nitrogens is 3. The van der Waals surface area contributed by atoms with E-state index < -0.39 is 0 Å². The molecule has 30 heavy (non-hydrogen) atoms. The summed E-state index contributed by atoms with van der Waals surface area (Å²) in [4.78, 5) is 25.7. The molecule has 1 aliphatic heterocycles. The number of aryl methyl sites for hydroxylation is 1. The van der Waals surface area contributed by atoms with E-state index in [1.165, 1.54) is 5.56 Å². The van der Waals surface area contributed by atoms with Gasteiger partial charge in [-0.2, -0.15) is 0 Å². The van der Waals surface area contributed by atoms with Gasteiger partial charge in [0.15, 0.2) is 5.65 Å². The molecule has 1 atom stereocenters. The number of carbonyl (C=O) groups excluding carboxylic acids is 1. The summed E-state index contributed by atoms with van der Waals surface area (Å²) in [5, 5.41) is 6.47. The van der Waals surface area contributed by atoms with Gasteiger partial charge in [-0.3, -0.25) is 4.79 Å². The van der Waals surface area contributed by atoms with E-state index in [-0.39, 0.29) is 17.9 Å². The molecule has 2 aliphatic rings. The second kappa shape index (κ2) is 7.92. The molecule has 0 radical (unpaired) electrons. The maximum absolute atomic E-state index is 12.2. The Morgan fingerprint density at radius 2 is 2.07 bits per heavy atom. The Morgan fingerprint density at radius 1 is 1.20 bits per heavy atom. The number of fused-ring (bicyclic) bond motifs is 1. The minimum absolute atomic E-state index is 0.0368. The molecule has 3 aromatic rings. The number of H-pyrrole nitrogens is 1. The third kappa shape index (κ3) is 3.89. The highest BCUT2D eigenvalue weighted by molar-refractivity contribution is 7.98. The lowest BCUT2D eigenvalue weighted by atomic mass is 10.1. The van der Waals surface area contributed by atoms with Crippen LogP contribution in [-0.4, -0.2) is 33.7 Å². The van der Waals surface area contributed by atoms with Crippen LogP contribution in [0.5, 0.6) is 0 Å². The number of thioether (sulfide) groups is 1. The van der Waals surface area contributed by atoms with Crippen molar-refractivity contribution in [3.05, 3.63) is 35.7 Å². The van der Waals surface area contributed by atoms with E-state index in [0.29, 0.717) is 11.5 Å². The number of anilines is 3. The summed E-state index contributed by atoms with van der Waals surface area (Å²) < 4.78 is 5.84. The molecule has 1 aliphatic carbocycles. The maximum atomic E-state index is 12.2. The van der Waals surface area contributed by atoms with E-state index in [0.717, 1.165) is 59.9 Å². The van der Waals surface area contributed by atoms with E-state index in [9.17, 15) is 4.79 Å². The van der Waals surface area contributed by atoms with Gasteiger partial charge in [0.25, 0.3) is 0 Å². The summed E-state index contributed by atoms with van der Waals surface area (Å²) in [5.74, 6) is 1.47. The van der Waals surface area contributed by atoms with Gasteiger partial charge in [0.1, 0.15) is 17.2 Å². The van der Waals surface area contributed by atoms with Crippen molar-refractivity contribution in [2.24, 2.45) is 5.92 Å². The van der Waals surface area contributed by atoms with Gasteiger partial charge in [0.2, 0.25) is 5.91 Å². The lowest BCUT2D eigenvalue weighted by Crippen LogP contribution is -2.14. The first-order valence-electron chi connectivity index (χ1n) is 10.4. The van der Waals surface area contributed by atoms with E-state index in [1.54, 1.807) is 11.8 Å². The first-order valence-corrected chi connectivity index (χ1v) is 11.6. The van der Waals surface area contributed by atoms with Crippen molar-refractivity contribution in [3.63, 3.8) is 0 Å². The number of aromatic amines is 1. The van der Waals surface area contributed by atoms with Crippen LogP contribution in [0, 0.1) is 12.8 Å². The number of nitrogens with one attached hydrogen (secondary N) is 3. The molecule has 3 heterocycles. The molecular formula is C22H25N5O2S. The molecule has 8 heteroatoms. The molecule has 2 aromatic heterocycles. The number of amides is 1. The molecule has 0 bridgehead atoms. The number of carbonyl (C=O) groups is 1. The zero-order valence-electron chi connectivity index (χ0n) is 17.1. The average molecular weight is 424 g/mol. The predicted octanol–water partition coefficient (Wildman–Crippen LogP) is 4.93. The average Bonchev–Trinajstić information content (AvgIpc) is 3.31. The Kier molecular flexibility index (Phi) is 5.12. The van der Waals surface area contributed by atoms with Crippen molar-refractivity contribution in [2.75, 3.05) is 23.5 Å². The smallest absolute Gasteiger partial charge is 0.228 e. The largest absolute Gasteiger partial charge is 0.374 e. The summed E-state index contributed by atoms with van der Waals surface area (Å²) in [6, 6.07) is 8.28. The summed E-state index contributed by atoms with van der Waals surface area (Å²) in [5.41, 5.74) is 4.44. The third-order valence-corrected chi connectivity index (χ3v) is 6.34. The minimum Gasteiger partial charge on any atom is -0.374 e. The third-order valence-electron chi connectivity index (χ3n) is 5.57. The van der Waals surface area contributed by atoms with Gasteiger partial charge >= 0.3 is 0 Å². The Hall–Kier alpha value is -2.58. The van der Waals surface area contributed by atoms with Crippen LogP contribution in [-0.2, 0) is 9.53 Å². The van der Waals surface area contributed by atoms with Gasteiger partial charge in [-0.1, -0.05) is 6.07 Å². The quantitative estimate of drug-likeness (QED) is 0.487. The fourth-order valence-corrected chi connectivity index (χ4v) is 4.43. The molecule has 1 aromatic carbocycles. The SMILES string of the molecule is CSc1cc(C2CCCO2)ccc1Nc1cc(NC(=O)C2CC2)nc2[nH]c(C)nc12. The molecule has 1 amide bonds. The van der Waals surface area contributed by atoms with E-state index in [2.05, 4.69) is 50.0 Å². The fourth-order valence-electron chi connectivity index (χ4n) is 3.84. The number of pyridine rings is 1. The number of hydrogen-bond donors (Lipinski definition) is 3. The topological polar surface area (TPSA) is 91.9 Å². The van der Waals surface area contributed by atoms with Crippen LogP contribution < -0.4 is 10.6 Å². The number of rotatable bonds is 6. The number of ether oxygens (including phenoxy) is 1. The maximum Gasteiger partial charge on any atom is 0.228 e. The molecule has 5 rings (SSSR count). The highest BCUT2D eigenvalue weighted by Crippen LogP contribution is 2.37. The van der Waals surface area contributed by atoms with Crippen molar-refractivity contribution in [2.45, 2.75) is 43.6 Å². The molecule has 1 saturated carbocycles. The first-order chi connectivity index (χ1) is 14.6.